The minimum absolute atomic E-state index is 0.194. The highest BCUT2D eigenvalue weighted by Gasteiger charge is 2.35. The second-order valence-electron chi connectivity index (χ2n) is 4.31. The van der Waals surface area contributed by atoms with Crippen LogP contribution < -0.4 is 0 Å². The normalized spacial score (nSPS) is 14.1. The number of nitriles is 1. The first-order chi connectivity index (χ1) is 7.67. The lowest BCUT2D eigenvalue weighted by Gasteiger charge is -2.30. The molecule has 1 rings (SSSR count). The van der Waals surface area contributed by atoms with E-state index in [4.69, 9.17) is 0 Å². The topological polar surface area (TPSA) is 40.9 Å². The zero-order valence-corrected chi connectivity index (χ0v) is 9.81. The molecular formula is C14H17NO. The Hall–Kier alpha value is -1.62. The van der Waals surface area contributed by atoms with Crippen molar-refractivity contribution in [2.24, 2.45) is 5.92 Å². The molecule has 0 unspecified atom stereocenters. The zero-order valence-electron chi connectivity index (χ0n) is 9.81. The summed E-state index contributed by atoms with van der Waals surface area (Å²) in [5.74, 6) is 0.194. The number of hydrogen-bond donors (Lipinski definition) is 0. The Bertz CT molecular complexity index is 377. The number of aldehydes is 1. The predicted octanol–water partition coefficient (Wildman–Crippen LogP) is 3.08. The van der Waals surface area contributed by atoms with E-state index in [1.165, 1.54) is 0 Å². The Morgan fingerprint density at radius 1 is 1.38 bits per heavy atom. The van der Waals surface area contributed by atoms with Gasteiger partial charge in [0.15, 0.2) is 0 Å². The summed E-state index contributed by atoms with van der Waals surface area (Å²) in [6.07, 6.45) is 1.91. The summed E-state index contributed by atoms with van der Waals surface area (Å²) < 4.78 is 0. The van der Waals surface area contributed by atoms with Gasteiger partial charge in [-0.05, 0) is 17.9 Å². The molecule has 0 heterocycles. The molecule has 2 nitrogen and oxygen atoms in total. The van der Waals surface area contributed by atoms with E-state index >= 15 is 0 Å². The molecule has 0 aromatic heterocycles. The molecule has 0 aliphatic rings. The van der Waals surface area contributed by atoms with Crippen molar-refractivity contribution in [2.75, 3.05) is 0 Å². The van der Waals surface area contributed by atoms with Crippen LogP contribution in [-0.2, 0) is 10.2 Å². The lowest BCUT2D eigenvalue weighted by molar-refractivity contribution is -0.108. The predicted molar refractivity (Wildman–Crippen MR) is 63.9 cm³/mol. The van der Waals surface area contributed by atoms with Crippen LogP contribution in [0, 0.1) is 17.2 Å². The van der Waals surface area contributed by atoms with E-state index in [0.717, 1.165) is 11.8 Å². The van der Waals surface area contributed by atoms with Gasteiger partial charge in [-0.25, -0.2) is 0 Å². The molecule has 84 valence electrons. The van der Waals surface area contributed by atoms with E-state index in [1.54, 1.807) is 0 Å². The standard InChI is InChI=1S/C14H17NO/c1-12(2)14(11-15,9-6-10-16)13-7-4-3-5-8-13/h3-5,7-8,10,12H,6,9H2,1-2H3/t14-/m0/s1. The first kappa shape index (κ1) is 12.4. The zero-order chi connectivity index (χ0) is 12.0. The third kappa shape index (κ3) is 2.30. The number of nitrogens with zero attached hydrogens (tertiary/aromatic N) is 1. The molecule has 0 N–H and O–H groups in total. The molecule has 2 heteroatoms. The highest BCUT2D eigenvalue weighted by atomic mass is 16.1. The summed E-state index contributed by atoms with van der Waals surface area (Å²) in [5, 5.41) is 9.46. The molecule has 0 saturated carbocycles. The van der Waals surface area contributed by atoms with E-state index in [0.29, 0.717) is 12.8 Å². The van der Waals surface area contributed by atoms with Gasteiger partial charge in [0.2, 0.25) is 0 Å². The van der Waals surface area contributed by atoms with Gasteiger partial charge in [-0.3, -0.25) is 0 Å². The molecule has 1 aromatic rings. The van der Waals surface area contributed by atoms with Crippen molar-refractivity contribution in [1.82, 2.24) is 0 Å². The fraction of sp³-hybridized carbons (Fsp3) is 0.429. The van der Waals surface area contributed by atoms with Gasteiger partial charge in [0, 0.05) is 6.42 Å². The molecule has 0 fully saturated rings. The summed E-state index contributed by atoms with van der Waals surface area (Å²) in [5.41, 5.74) is 0.469. The quantitative estimate of drug-likeness (QED) is 0.708. The van der Waals surface area contributed by atoms with E-state index in [1.807, 2.05) is 44.2 Å². The van der Waals surface area contributed by atoms with Gasteiger partial charge in [0.05, 0.1) is 11.5 Å². The van der Waals surface area contributed by atoms with Crippen LogP contribution in [0.3, 0.4) is 0 Å². The number of carbonyl (C=O) groups is 1. The van der Waals surface area contributed by atoms with Crippen molar-refractivity contribution in [3.05, 3.63) is 35.9 Å². The van der Waals surface area contributed by atoms with Crippen LogP contribution in [0.1, 0.15) is 32.3 Å². The van der Waals surface area contributed by atoms with Crippen LogP contribution in [-0.4, -0.2) is 6.29 Å². The van der Waals surface area contributed by atoms with Gasteiger partial charge < -0.3 is 4.79 Å². The smallest absolute Gasteiger partial charge is 0.120 e. The van der Waals surface area contributed by atoms with Crippen molar-refractivity contribution in [1.29, 1.82) is 5.26 Å². The van der Waals surface area contributed by atoms with Crippen LogP contribution in [0.2, 0.25) is 0 Å². The minimum atomic E-state index is -0.540. The maximum absolute atomic E-state index is 10.5. The number of hydrogen-bond acceptors (Lipinski definition) is 2. The fourth-order valence-electron chi connectivity index (χ4n) is 2.04. The molecule has 0 bridgehead atoms. The highest BCUT2D eigenvalue weighted by molar-refractivity contribution is 5.50. The first-order valence-electron chi connectivity index (χ1n) is 5.58. The van der Waals surface area contributed by atoms with Crippen LogP contribution in [0.4, 0.5) is 0 Å². The van der Waals surface area contributed by atoms with E-state index in [2.05, 4.69) is 6.07 Å². The Kier molecular flexibility index (Phi) is 4.25. The summed E-state index contributed by atoms with van der Waals surface area (Å²) in [4.78, 5) is 10.5. The van der Waals surface area contributed by atoms with Crippen LogP contribution >= 0.6 is 0 Å². The summed E-state index contributed by atoms with van der Waals surface area (Å²) in [7, 11) is 0. The van der Waals surface area contributed by atoms with Gasteiger partial charge in [0.1, 0.15) is 6.29 Å². The summed E-state index contributed by atoms with van der Waals surface area (Å²) >= 11 is 0. The maximum Gasteiger partial charge on any atom is 0.120 e. The second kappa shape index (κ2) is 5.46. The minimum Gasteiger partial charge on any atom is -0.303 e. The molecule has 0 saturated heterocycles. The molecule has 0 spiro atoms. The number of rotatable bonds is 5. The van der Waals surface area contributed by atoms with Gasteiger partial charge in [-0.15, -0.1) is 0 Å². The van der Waals surface area contributed by atoms with Crippen molar-refractivity contribution in [3.63, 3.8) is 0 Å². The molecule has 16 heavy (non-hydrogen) atoms. The van der Waals surface area contributed by atoms with Crippen molar-refractivity contribution in [2.45, 2.75) is 32.1 Å². The van der Waals surface area contributed by atoms with Gasteiger partial charge in [-0.1, -0.05) is 44.2 Å². The van der Waals surface area contributed by atoms with Crippen molar-refractivity contribution in [3.8, 4) is 6.07 Å². The monoisotopic (exact) mass is 215 g/mol. The summed E-state index contributed by atoms with van der Waals surface area (Å²) in [6, 6.07) is 12.1. The van der Waals surface area contributed by atoms with Gasteiger partial charge >= 0.3 is 0 Å². The lowest BCUT2D eigenvalue weighted by Crippen LogP contribution is -2.30. The number of benzene rings is 1. The molecule has 1 atom stereocenters. The summed E-state index contributed by atoms with van der Waals surface area (Å²) in [6.45, 7) is 4.06. The van der Waals surface area contributed by atoms with Gasteiger partial charge in [-0.2, -0.15) is 5.26 Å². The maximum atomic E-state index is 10.5. The van der Waals surface area contributed by atoms with Crippen LogP contribution in [0.5, 0.6) is 0 Å². The Labute approximate surface area is 96.9 Å². The molecule has 0 aliphatic heterocycles. The Balaban J connectivity index is 3.13. The number of carbonyl (C=O) groups excluding carboxylic acids is 1. The van der Waals surface area contributed by atoms with E-state index in [9.17, 15) is 10.1 Å². The van der Waals surface area contributed by atoms with Crippen LogP contribution in [0.25, 0.3) is 0 Å². The lowest BCUT2D eigenvalue weighted by atomic mass is 9.70. The Morgan fingerprint density at radius 2 is 2.00 bits per heavy atom. The Morgan fingerprint density at radius 3 is 2.44 bits per heavy atom. The first-order valence-corrected chi connectivity index (χ1v) is 5.58. The second-order valence-corrected chi connectivity index (χ2v) is 4.31. The average Bonchev–Trinajstić information content (AvgIpc) is 2.31. The SMILES string of the molecule is CC(C)[C@@](C#N)(CCC=O)c1ccccc1. The van der Waals surface area contributed by atoms with Gasteiger partial charge in [0.25, 0.3) is 0 Å². The molecule has 1 aromatic carbocycles. The molecule has 0 radical (unpaired) electrons. The van der Waals surface area contributed by atoms with Crippen molar-refractivity contribution < 1.29 is 4.79 Å². The highest BCUT2D eigenvalue weighted by Crippen LogP contribution is 2.35. The molecular weight excluding hydrogens is 198 g/mol. The van der Waals surface area contributed by atoms with Crippen LogP contribution in [0.15, 0.2) is 30.3 Å². The van der Waals surface area contributed by atoms with Crippen molar-refractivity contribution >= 4 is 6.29 Å². The third-order valence-corrected chi connectivity index (χ3v) is 3.13. The molecule has 0 aliphatic carbocycles. The van der Waals surface area contributed by atoms with E-state index in [-0.39, 0.29) is 5.92 Å². The van der Waals surface area contributed by atoms with E-state index < -0.39 is 5.41 Å². The molecule has 0 amide bonds. The fourth-order valence-corrected chi connectivity index (χ4v) is 2.04. The largest absolute Gasteiger partial charge is 0.303 e. The average molecular weight is 215 g/mol. The third-order valence-electron chi connectivity index (χ3n) is 3.13.